The number of fused-ring (bicyclic) bond motifs is 1. The molecular formula is C23H30N2O4S. The van der Waals surface area contributed by atoms with Gasteiger partial charge in [-0.1, -0.05) is 42.8 Å². The Morgan fingerprint density at radius 1 is 1.23 bits per heavy atom. The van der Waals surface area contributed by atoms with E-state index in [2.05, 4.69) is 5.32 Å². The summed E-state index contributed by atoms with van der Waals surface area (Å²) in [6.07, 6.45) is 2.07. The molecule has 3 rings (SSSR count). The number of nitrogens with one attached hydrogen (secondary N) is 1. The molecule has 2 aromatic carbocycles. The van der Waals surface area contributed by atoms with Gasteiger partial charge in [0.15, 0.2) is 0 Å². The maximum atomic E-state index is 13.4. The van der Waals surface area contributed by atoms with Gasteiger partial charge in [-0.15, -0.1) is 0 Å². The van der Waals surface area contributed by atoms with Crippen LogP contribution in [-0.4, -0.2) is 32.2 Å². The zero-order valence-electron chi connectivity index (χ0n) is 18.2. The average Bonchev–Trinajstić information content (AvgIpc) is 2.65. The molecule has 1 N–H and O–H groups in total. The molecule has 6 nitrogen and oxygen atoms in total. The molecule has 1 heterocycles. The average molecular weight is 431 g/mol. The molecular weight excluding hydrogens is 400 g/mol. The molecule has 0 fully saturated rings. The lowest BCUT2D eigenvalue weighted by Crippen LogP contribution is -2.51. The minimum Gasteiger partial charge on any atom is -0.487 e. The maximum Gasteiger partial charge on any atom is 0.244 e. The van der Waals surface area contributed by atoms with Crippen LogP contribution in [0.3, 0.4) is 0 Å². The number of carbonyl (C=O) groups is 1. The summed E-state index contributed by atoms with van der Waals surface area (Å²) in [4.78, 5) is 13.4. The quantitative estimate of drug-likeness (QED) is 0.753. The number of aryl methyl sites for hydroxylation is 1. The van der Waals surface area contributed by atoms with Crippen molar-refractivity contribution in [3.63, 3.8) is 0 Å². The summed E-state index contributed by atoms with van der Waals surface area (Å²) >= 11 is 0. The Hall–Kier alpha value is -2.54. The number of hydrogen-bond acceptors (Lipinski definition) is 4. The predicted molar refractivity (Wildman–Crippen MR) is 119 cm³/mol. The van der Waals surface area contributed by atoms with Gasteiger partial charge in [0.25, 0.3) is 0 Å². The highest BCUT2D eigenvalue weighted by Gasteiger charge is 2.37. The fraction of sp³-hybridized carbons (Fsp3) is 0.435. The number of para-hydroxylation sites is 1. The normalized spacial score (nSPS) is 18.6. The van der Waals surface area contributed by atoms with Crippen molar-refractivity contribution in [2.24, 2.45) is 0 Å². The third-order valence-electron chi connectivity index (χ3n) is 5.28. The third-order valence-corrected chi connectivity index (χ3v) is 6.46. The number of ether oxygens (including phenoxy) is 1. The Kier molecular flexibility index (Phi) is 6.13. The molecule has 0 saturated heterocycles. The van der Waals surface area contributed by atoms with E-state index in [1.807, 2.05) is 52.0 Å². The van der Waals surface area contributed by atoms with Crippen molar-refractivity contribution < 1.29 is 17.9 Å². The van der Waals surface area contributed by atoms with Crippen LogP contribution in [0.15, 0.2) is 48.5 Å². The molecule has 2 unspecified atom stereocenters. The first-order valence-corrected chi connectivity index (χ1v) is 12.0. The van der Waals surface area contributed by atoms with Gasteiger partial charge in [-0.05, 0) is 45.4 Å². The summed E-state index contributed by atoms with van der Waals surface area (Å²) < 4.78 is 32.5. The van der Waals surface area contributed by atoms with Crippen LogP contribution in [0.1, 0.15) is 50.8 Å². The first kappa shape index (κ1) is 22.2. The standard InChI is InChI=1S/C23H30N2O4S/c1-6-20(25(30(5,27)28)17-10-8-7-9-11-17)22(26)24-19-15-23(3,4)29-21-13-12-16(2)14-18(19)21/h7-14,19-20H,6,15H2,1-5H3,(H,24,26). The van der Waals surface area contributed by atoms with Crippen LogP contribution in [0.2, 0.25) is 0 Å². The van der Waals surface area contributed by atoms with Crippen molar-refractivity contribution in [3.8, 4) is 5.75 Å². The molecule has 0 radical (unpaired) electrons. The summed E-state index contributed by atoms with van der Waals surface area (Å²) in [7, 11) is -3.66. The van der Waals surface area contributed by atoms with Gasteiger partial charge in [0.2, 0.25) is 15.9 Å². The van der Waals surface area contributed by atoms with E-state index in [0.717, 1.165) is 23.1 Å². The van der Waals surface area contributed by atoms with Crippen molar-refractivity contribution >= 4 is 21.6 Å². The highest BCUT2D eigenvalue weighted by atomic mass is 32.2. The van der Waals surface area contributed by atoms with Crippen molar-refractivity contribution in [3.05, 3.63) is 59.7 Å². The summed E-state index contributed by atoms with van der Waals surface area (Å²) in [5.74, 6) is 0.431. The van der Waals surface area contributed by atoms with Gasteiger partial charge >= 0.3 is 0 Å². The maximum absolute atomic E-state index is 13.4. The first-order valence-electron chi connectivity index (χ1n) is 10.2. The number of hydrogen-bond donors (Lipinski definition) is 1. The molecule has 0 saturated carbocycles. The number of nitrogens with zero attached hydrogens (tertiary/aromatic N) is 1. The van der Waals surface area contributed by atoms with Crippen LogP contribution in [0, 0.1) is 6.92 Å². The molecule has 2 atom stereocenters. The van der Waals surface area contributed by atoms with Gasteiger partial charge < -0.3 is 10.1 Å². The van der Waals surface area contributed by atoms with Crippen LogP contribution in [-0.2, 0) is 14.8 Å². The molecule has 0 aliphatic carbocycles. The van der Waals surface area contributed by atoms with Crippen LogP contribution in [0.4, 0.5) is 5.69 Å². The lowest BCUT2D eigenvalue weighted by Gasteiger charge is -2.39. The summed E-state index contributed by atoms with van der Waals surface area (Å²) in [6.45, 7) is 7.78. The van der Waals surface area contributed by atoms with E-state index in [1.54, 1.807) is 24.3 Å². The minimum atomic E-state index is -3.66. The predicted octanol–water partition coefficient (Wildman–Crippen LogP) is 3.96. The summed E-state index contributed by atoms with van der Waals surface area (Å²) in [6, 6.07) is 13.6. The monoisotopic (exact) mass is 430 g/mol. The van der Waals surface area contributed by atoms with Gasteiger partial charge in [-0.25, -0.2) is 8.42 Å². The van der Waals surface area contributed by atoms with Crippen LogP contribution in [0.25, 0.3) is 0 Å². The molecule has 1 aliphatic rings. The molecule has 2 aromatic rings. The van der Waals surface area contributed by atoms with Crippen molar-refractivity contribution in [2.45, 2.75) is 58.2 Å². The van der Waals surface area contributed by atoms with E-state index < -0.39 is 21.7 Å². The van der Waals surface area contributed by atoms with Gasteiger partial charge in [-0.3, -0.25) is 9.10 Å². The van der Waals surface area contributed by atoms with E-state index in [1.165, 1.54) is 4.31 Å². The van der Waals surface area contributed by atoms with Crippen molar-refractivity contribution in [1.82, 2.24) is 5.32 Å². The highest BCUT2D eigenvalue weighted by Crippen LogP contribution is 2.40. The molecule has 7 heteroatoms. The molecule has 0 spiro atoms. The lowest BCUT2D eigenvalue weighted by molar-refractivity contribution is -0.123. The lowest BCUT2D eigenvalue weighted by atomic mass is 9.88. The Labute approximate surface area is 179 Å². The first-order chi connectivity index (χ1) is 14.0. The summed E-state index contributed by atoms with van der Waals surface area (Å²) in [5.41, 5.74) is 2.02. The molecule has 162 valence electrons. The Bertz CT molecular complexity index is 1020. The second kappa shape index (κ2) is 8.30. The second-order valence-electron chi connectivity index (χ2n) is 8.49. The van der Waals surface area contributed by atoms with Gasteiger partial charge in [0.05, 0.1) is 18.0 Å². The zero-order chi connectivity index (χ0) is 22.1. The fourth-order valence-electron chi connectivity index (χ4n) is 4.01. The van der Waals surface area contributed by atoms with E-state index in [-0.39, 0.29) is 11.9 Å². The van der Waals surface area contributed by atoms with Crippen LogP contribution < -0.4 is 14.4 Å². The van der Waals surface area contributed by atoms with Crippen LogP contribution >= 0.6 is 0 Å². The number of amides is 1. The molecule has 1 aliphatic heterocycles. The number of carbonyl (C=O) groups excluding carboxylic acids is 1. The largest absolute Gasteiger partial charge is 0.487 e. The topological polar surface area (TPSA) is 75.7 Å². The van der Waals surface area contributed by atoms with Crippen LogP contribution in [0.5, 0.6) is 5.75 Å². The number of benzene rings is 2. The number of rotatable bonds is 6. The van der Waals surface area contributed by atoms with Gasteiger partial charge in [-0.2, -0.15) is 0 Å². The Morgan fingerprint density at radius 3 is 2.50 bits per heavy atom. The molecule has 1 amide bonds. The van der Waals surface area contributed by atoms with Crippen molar-refractivity contribution in [1.29, 1.82) is 0 Å². The van der Waals surface area contributed by atoms with Gasteiger partial charge in [0, 0.05) is 12.0 Å². The number of sulfonamides is 1. The SMILES string of the molecule is CCC(C(=O)NC1CC(C)(C)Oc2ccc(C)cc21)N(c1ccccc1)S(C)(=O)=O. The second-order valence-corrected chi connectivity index (χ2v) is 10.3. The zero-order valence-corrected chi connectivity index (χ0v) is 19.0. The molecule has 30 heavy (non-hydrogen) atoms. The van der Waals surface area contributed by atoms with Crippen molar-refractivity contribution in [2.75, 3.05) is 10.6 Å². The fourth-order valence-corrected chi connectivity index (χ4v) is 5.22. The van der Waals surface area contributed by atoms with E-state index in [0.29, 0.717) is 18.5 Å². The Morgan fingerprint density at radius 2 is 1.90 bits per heavy atom. The molecule has 0 bridgehead atoms. The van der Waals surface area contributed by atoms with E-state index >= 15 is 0 Å². The molecule has 0 aromatic heterocycles. The minimum absolute atomic E-state index is 0.262. The van der Waals surface area contributed by atoms with Gasteiger partial charge in [0.1, 0.15) is 17.4 Å². The highest BCUT2D eigenvalue weighted by molar-refractivity contribution is 7.92. The summed E-state index contributed by atoms with van der Waals surface area (Å²) in [5, 5.41) is 3.11. The number of anilines is 1. The van der Waals surface area contributed by atoms with E-state index in [9.17, 15) is 13.2 Å². The Balaban J connectivity index is 1.94. The van der Waals surface area contributed by atoms with E-state index in [4.69, 9.17) is 4.74 Å². The third kappa shape index (κ3) is 4.78. The smallest absolute Gasteiger partial charge is 0.244 e.